The van der Waals surface area contributed by atoms with Crippen molar-refractivity contribution in [3.8, 4) is 0 Å². The van der Waals surface area contributed by atoms with Crippen molar-refractivity contribution in [2.45, 2.75) is 6.42 Å². The summed E-state index contributed by atoms with van der Waals surface area (Å²) in [6, 6.07) is 0. The fourth-order valence-electron chi connectivity index (χ4n) is 2.62. The van der Waals surface area contributed by atoms with Gasteiger partial charge in [-0.25, -0.2) is 4.79 Å². The molecule has 1 N–H and O–H groups in total. The van der Waals surface area contributed by atoms with E-state index in [0.29, 0.717) is 132 Å². The van der Waals surface area contributed by atoms with E-state index >= 15 is 0 Å². The van der Waals surface area contributed by atoms with Crippen molar-refractivity contribution in [2.24, 2.45) is 0 Å². The number of rotatable bonds is 35. The average molecular weight is 603 g/mol. The van der Waals surface area contributed by atoms with Gasteiger partial charge in [-0.15, -0.1) is 0 Å². The van der Waals surface area contributed by atoms with E-state index in [1.54, 1.807) is 0 Å². The van der Waals surface area contributed by atoms with Crippen molar-refractivity contribution in [1.82, 2.24) is 0 Å². The maximum atomic E-state index is 10.9. The molecule has 0 radical (unpaired) electrons. The summed E-state index contributed by atoms with van der Waals surface area (Å²) in [4.78, 5) is 21.1. The molecule has 0 aliphatic heterocycles. The normalized spacial score (nSPS) is 11.2. The van der Waals surface area contributed by atoms with E-state index in [9.17, 15) is 9.59 Å². The van der Waals surface area contributed by atoms with Crippen LogP contribution in [0, 0.1) is 0 Å². The first-order valence-electron chi connectivity index (χ1n) is 13.8. The second kappa shape index (κ2) is 34.7. The molecule has 0 aliphatic carbocycles. The quantitative estimate of drug-likeness (QED) is 0.0749. The van der Waals surface area contributed by atoms with Gasteiger partial charge in [0, 0.05) is 0 Å². The first kappa shape index (κ1) is 39.5. The van der Waals surface area contributed by atoms with Gasteiger partial charge in [-0.05, 0) is 0 Å². The van der Waals surface area contributed by atoms with Gasteiger partial charge in [-0.3, -0.25) is 4.79 Å². The van der Waals surface area contributed by atoms with Crippen LogP contribution in [0.15, 0.2) is 0 Å². The van der Waals surface area contributed by atoms with Crippen LogP contribution in [0.2, 0.25) is 0 Å². The van der Waals surface area contributed by atoms with Gasteiger partial charge < -0.3 is 61.9 Å². The highest BCUT2D eigenvalue weighted by Gasteiger charge is 2.00. The fourth-order valence-corrected chi connectivity index (χ4v) is 2.62. The van der Waals surface area contributed by atoms with E-state index < -0.39 is 5.97 Å². The lowest BCUT2D eigenvalue weighted by atomic mass is 10.5. The molecular weight excluding hydrogens is 552 g/mol. The molecule has 0 amide bonds. The van der Waals surface area contributed by atoms with Crippen molar-refractivity contribution in [2.75, 3.05) is 152 Å². The minimum atomic E-state index is -0.999. The smallest absolute Gasteiger partial charge is 0.329 e. The van der Waals surface area contributed by atoms with Crippen molar-refractivity contribution in [3.05, 3.63) is 0 Å². The molecular formula is C26H50O15. The van der Waals surface area contributed by atoms with E-state index in [-0.39, 0.29) is 25.6 Å². The van der Waals surface area contributed by atoms with E-state index in [4.69, 9.17) is 57.2 Å². The predicted octanol–water partition coefficient (Wildman–Crippen LogP) is -0.183. The molecule has 0 saturated heterocycles. The molecule has 0 aromatic heterocycles. The van der Waals surface area contributed by atoms with Gasteiger partial charge in [0.25, 0.3) is 0 Å². The first-order chi connectivity index (χ1) is 20.2. The van der Waals surface area contributed by atoms with Crippen molar-refractivity contribution in [1.29, 1.82) is 0 Å². The lowest BCUT2D eigenvalue weighted by Gasteiger charge is -2.09. The predicted molar refractivity (Wildman–Crippen MR) is 143 cm³/mol. The molecule has 0 heterocycles. The Kier molecular flexibility index (Phi) is 33.4. The number of carbonyl (C=O) groups excluding carboxylic acids is 1. The summed E-state index contributed by atoms with van der Waals surface area (Å²) in [6.07, 6.45) is 0.240. The highest BCUT2D eigenvalue weighted by atomic mass is 16.6. The zero-order valence-corrected chi connectivity index (χ0v) is 24.4. The fraction of sp³-hybridized carbons (Fsp3) is 0.923. The molecule has 15 nitrogen and oxygen atoms in total. The van der Waals surface area contributed by atoms with Crippen molar-refractivity contribution < 1.29 is 71.5 Å². The number of hydrogen-bond acceptors (Lipinski definition) is 14. The van der Waals surface area contributed by atoms with Crippen LogP contribution >= 0.6 is 0 Å². The van der Waals surface area contributed by atoms with Crippen LogP contribution in [0.5, 0.6) is 0 Å². The van der Waals surface area contributed by atoms with E-state index in [1.807, 2.05) is 0 Å². The van der Waals surface area contributed by atoms with Gasteiger partial charge in [0.15, 0.2) is 0 Å². The van der Waals surface area contributed by atoms with Crippen LogP contribution in [-0.4, -0.2) is 170 Å². The third-order valence-electron chi connectivity index (χ3n) is 4.62. The Bertz CT molecular complexity index is 553. The van der Waals surface area contributed by atoms with Crippen molar-refractivity contribution in [3.63, 3.8) is 0 Å². The average Bonchev–Trinajstić information content (AvgIpc) is 2.97. The number of hydrogen-bond donors (Lipinski definition) is 1. The Morgan fingerprint density at radius 2 is 0.610 bits per heavy atom. The van der Waals surface area contributed by atoms with Gasteiger partial charge in [0.05, 0.1) is 152 Å². The number of carboxylic acid groups (broad SMARTS) is 1. The third kappa shape index (κ3) is 36.5. The summed E-state index contributed by atoms with van der Waals surface area (Å²) in [5.41, 5.74) is 0. The lowest BCUT2D eigenvalue weighted by molar-refractivity contribution is -0.143. The molecule has 0 saturated carbocycles. The second-order valence-corrected chi connectivity index (χ2v) is 7.90. The summed E-state index contributed by atoms with van der Waals surface area (Å²) in [5.74, 6) is -1.29. The number of aliphatic carboxylic acids is 1. The number of methoxy groups -OCH3 is 1. The van der Waals surface area contributed by atoms with E-state index in [0.717, 1.165) is 0 Å². The minimum absolute atomic E-state index is 0.238. The zero-order valence-electron chi connectivity index (χ0n) is 24.4. The molecule has 244 valence electrons. The maximum absolute atomic E-state index is 10.9. The maximum Gasteiger partial charge on any atom is 0.329 e. The molecule has 41 heavy (non-hydrogen) atoms. The summed E-state index contributed by atoms with van der Waals surface area (Å²) in [7, 11) is 1.35. The Hall–Kier alpha value is -1.50. The summed E-state index contributed by atoms with van der Waals surface area (Å²) in [6.45, 7) is 8.92. The Labute approximate surface area is 242 Å². The number of carboxylic acids is 1. The molecule has 0 spiro atoms. The molecule has 0 rings (SSSR count). The number of ether oxygens (including phenoxy) is 12. The molecule has 0 aromatic carbocycles. The number of esters is 1. The van der Waals surface area contributed by atoms with Crippen LogP contribution in [0.3, 0.4) is 0 Å². The topological polar surface area (TPSA) is 165 Å². The Morgan fingerprint density at radius 3 is 0.829 bits per heavy atom. The van der Waals surface area contributed by atoms with Gasteiger partial charge in [0.2, 0.25) is 0 Å². The van der Waals surface area contributed by atoms with E-state index in [1.165, 1.54) is 7.11 Å². The summed E-state index contributed by atoms with van der Waals surface area (Å²) >= 11 is 0. The minimum Gasteiger partial charge on any atom is -0.480 e. The molecule has 0 aliphatic rings. The largest absolute Gasteiger partial charge is 0.480 e. The van der Waals surface area contributed by atoms with Gasteiger partial charge in [-0.1, -0.05) is 0 Å². The Balaban J connectivity index is 3.05. The van der Waals surface area contributed by atoms with Gasteiger partial charge in [-0.2, -0.15) is 0 Å². The van der Waals surface area contributed by atoms with Gasteiger partial charge in [0.1, 0.15) is 6.61 Å². The molecule has 0 atom stereocenters. The lowest BCUT2D eigenvalue weighted by Crippen LogP contribution is -2.15. The van der Waals surface area contributed by atoms with Crippen LogP contribution in [-0.2, 0) is 66.4 Å². The van der Waals surface area contributed by atoms with Crippen LogP contribution in [0.25, 0.3) is 0 Å². The number of carbonyl (C=O) groups is 2. The molecule has 0 bridgehead atoms. The highest BCUT2D eigenvalue weighted by Crippen LogP contribution is 1.88. The van der Waals surface area contributed by atoms with Crippen LogP contribution < -0.4 is 0 Å². The molecule has 0 fully saturated rings. The van der Waals surface area contributed by atoms with Crippen molar-refractivity contribution >= 4 is 11.9 Å². The summed E-state index contributed by atoms with van der Waals surface area (Å²) < 4.78 is 63.1. The molecule has 15 heteroatoms. The Morgan fingerprint density at radius 1 is 0.390 bits per heavy atom. The zero-order chi connectivity index (χ0) is 29.9. The SMILES string of the molecule is COC(=O)CCOCCOCCOCCOCCOCCOCCOCCOCCOCCOCCOCC(=O)O. The van der Waals surface area contributed by atoms with Gasteiger partial charge >= 0.3 is 11.9 Å². The molecule has 0 unspecified atom stereocenters. The monoisotopic (exact) mass is 602 g/mol. The highest BCUT2D eigenvalue weighted by molar-refractivity contribution is 5.69. The second-order valence-electron chi connectivity index (χ2n) is 7.90. The summed E-state index contributed by atoms with van der Waals surface area (Å²) in [5, 5.41) is 8.41. The van der Waals surface area contributed by atoms with E-state index in [2.05, 4.69) is 4.74 Å². The first-order valence-corrected chi connectivity index (χ1v) is 13.8. The standard InChI is InChI=1S/C26H50O15/c1-30-26(29)2-3-31-4-5-32-6-7-33-8-9-34-10-11-35-12-13-36-14-15-37-16-17-38-18-19-39-20-21-40-22-23-41-24-25(27)28/h2-24H2,1H3,(H,27,28). The van der Waals surface area contributed by atoms with Crippen LogP contribution in [0.4, 0.5) is 0 Å². The third-order valence-corrected chi connectivity index (χ3v) is 4.62. The molecule has 0 aromatic rings. The van der Waals surface area contributed by atoms with Crippen LogP contribution in [0.1, 0.15) is 6.42 Å².